The van der Waals surface area contributed by atoms with E-state index in [1.165, 1.54) is 0 Å². The quantitative estimate of drug-likeness (QED) is 0.422. The molecule has 2 aliphatic rings. The topological polar surface area (TPSA) is 98.1 Å². The van der Waals surface area contributed by atoms with Crippen molar-refractivity contribution in [1.29, 1.82) is 0 Å². The molecule has 1 N–H and O–H groups in total. The number of halogens is 3. The Labute approximate surface area is 215 Å². The van der Waals surface area contributed by atoms with Crippen LogP contribution in [-0.2, 0) is 10.9 Å². The Morgan fingerprint density at radius 1 is 1.05 bits per heavy atom. The molecular formula is C26H22F3N7O2. The molecule has 1 aromatic carbocycles. The maximum atomic E-state index is 13.0. The molecule has 0 atom stereocenters. The van der Waals surface area contributed by atoms with Crippen LogP contribution in [0.15, 0.2) is 61.3 Å². The monoisotopic (exact) mass is 521 g/mol. The zero-order chi connectivity index (χ0) is 26.5. The van der Waals surface area contributed by atoms with E-state index in [1.807, 2.05) is 19.2 Å². The van der Waals surface area contributed by atoms with Gasteiger partial charge in [0, 0.05) is 42.9 Å². The number of hydrogen-bond donors (Lipinski definition) is 1. The van der Waals surface area contributed by atoms with Crippen LogP contribution in [0.1, 0.15) is 21.5 Å². The summed E-state index contributed by atoms with van der Waals surface area (Å²) in [6.07, 6.45) is 2.50. The van der Waals surface area contributed by atoms with Crippen molar-refractivity contribution in [2.45, 2.75) is 13.1 Å². The number of carbonyl (C=O) groups is 1. The number of rotatable bonds is 5. The van der Waals surface area contributed by atoms with E-state index in [9.17, 15) is 18.0 Å². The lowest BCUT2D eigenvalue weighted by atomic mass is 9.78. The third-order valence-corrected chi connectivity index (χ3v) is 6.79. The second kappa shape index (κ2) is 8.91. The van der Waals surface area contributed by atoms with Crippen LogP contribution in [-0.4, -0.2) is 57.2 Å². The Hall–Kier alpha value is -4.32. The number of hydrogen-bond acceptors (Lipinski definition) is 7. The number of alkyl halides is 3. The molecule has 0 radical (unpaired) electrons. The van der Waals surface area contributed by atoms with Gasteiger partial charge < -0.3 is 15.0 Å². The highest BCUT2D eigenvalue weighted by atomic mass is 19.4. The van der Waals surface area contributed by atoms with Crippen LogP contribution >= 0.6 is 0 Å². The average Bonchev–Trinajstić information content (AvgIpc) is 3.33. The molecule has 1 amide bonds. The molecule has 4 aromatic rings. The number of amides is 1. The maximum absolute atomic E-state index is 13.0. The minimum absolute atomic E-state index is 0.199. The number of ether oxygens (including phenoxy) is 1. The Bertz CT molecular complexity index is 1520. The Kier molecular flexibility index (Phi) is 5.64. The van der Waals surface area contributed by atoms with Crippen molar-refractivity contribution in [3.8, 4) is 16.9 Å². The molecule has 3 aromatic heterocycles. The van der Waals surface area contributed by atoms with Gasteiger partial charge in [-0.15, -0.1) is 5.10 Å². The maximum Gasteiger partial charge on any atom is 0.417 e. The Morgan fingerprint density at radius 3 is 2.58 bits per heavy atom. The molecule has 2 fully saturated rings. The van der Waals surface area contributed by atoms with Crippen LogP contribution in [0.5, 0.6) is 0 Å². The SMILES string of the molecule is Cc1ccc(NC(=O)c2cncc(C(F)(F)F)c2)cc1-n1cc(-c2cncc(N3CC4(COC4)C3)c2)nn1. The van der Waals surface area contributed by atoms with Crippen molar-refractivity contribution in [1.82, 2.24) is 25.0 Å². The van der Waals surface area contributed by atoms with Gasteiger partial charge in [0.15, 0.2) is 0 Å². The minimum atomic E-state index is -4.59. The molecule has 5 heterocycles. The summed E-state index contributed by atoms with van der Waals surface area (Å²) in [5.74, 6) is -0.707. The van der Waals surface area contributed by atoms with Crippen molar-refractivity contribution in [3.05, 3.63) is 78.0 Å². The number of benzene rings is 1. The number of carbonyl (C=O) groups excluding carboxylic acids is 1. The third kappa shape index (κ3) is 4.47. The van der Waals surface area contributed by atoms with Crippen LogP contribution in [0.25, 0.3) is 16.9 Å². The van der Waals surface area contributed by atoms with E-state index < -0.39 is 17.6 Å². The first-order valence-electron chi connectivity index (χ1n) is 11.8. The molecule has 9 nitrogen and oxygen atoms in total. The van der Waals surface area contributed by atoms with E-state index in [0.29, 0.717) is 23.3 Å². The molecule has 0 aliphatic carbocycles. The highest BCUT2D eigenvalue weighted by molar-refractivity contribution is 6.04. The zero-order valence-electron chi connectivity index (χ0n) is 20.2. The summed E-state index contributed by atoms with van der Waals surface area (Å²) in [6.45, 7) is 5.38. The predicted molar refractivity (Wildman–Crippen MR) is 132 cm³/mol. The number of nitrogens with one attached hydrogen (secondary N) is 1. The van der Waals surface area contributed by atoms with E-state index in [0.717, 1.165) is 55.4 Å². The molecule has 12 heteroatoms. The Morgan fingerprint density at radius 2 is 1.84 bits per heavy atom. The van der Waals surface area contributed by atoms with Gasteiger partial charge in [-0.3, -0.25) is 14.8 Å². The molecule has 38 heavy (non-hydrogen) atoms. The van der Waals surface area contributed by atoms with Gasteiger partial charge in [0.1, 0.15) is 5.69 Å². The highest BCUT2D eigenvalue weighted by Crippen LogP contribution is 2.40. The number of pyridine rings is 2. The lowest BCUT2D eigenvalue weighted by Crippen LogP contribution is -2.66. The second-order valence-electron chi connectivity index (χ2n) is 9.74. The first-order chi connectivity index (χ1) is 18.2. The molecule has 2 saturated heterocycles. The van der Waals surface area contributed by atoms with Crippen LogP contribution in [0.2, 0.25) is 0 Å². The Balaban J connectivity index is 1.20. The van der Waals surface area contributed by atoms with E-state index in [-0.39, 0.29) is 11.0 Å². The lowest BCUT2D eigenvalue weighted by molar-refractivity contribution is -0.137. The smallest absolute Gasteiger partial charge is 0.380 e. The molecule has 6 rings (SSSR count). The van der Waals surface area contributed by atoms with Crippen LogP contribution in [0, 0.1) is 12.3 Å². The minimum Gasteiger partial charge on any atom is -0.380 e. The molecule has 0 unspecified atom stereocenters. The largest absolute Gasteiger partial charge is 0.417 e. The van der Waals surface area contributed by atoms with E-state index in [2.05, 4.69) is 30.5 Å². The van der Waals surface area contributed by atoms with Gasteiger partial charge in [0.25, 0.3) is 5.91 Å². The normalized spacial score (nSPS) is 16.2. The van der Waals surface area contributed by atoms with Crippen molar-refractivity contribution >= 4 is 17.3 Å². The van der Waals surface area contributed by atoms with Crippen molar-refractivity contribution in [2.75, 3.05) is 36.5 Å². The molecule has 194 valence electrons. The van der Waals surface area contributed by atoms with E-state index in [1.54, 1.807) is 35.3 Å². The first kappa shape index (κ1) is 24.0. The summed E-state index contributed by atoms with van der Waals surface area (Å²) >= 11 is 0. The standard InChI is InChI=1S/C26H22F3N7O2/c1-16-2-3-20(32-24(37)18-4-19(9-30-8-18)26(27,28)29)6-23(16)36-11-22(33-34-36)17-5-21(10-31-7-17)35-12-25(13-35)14-38-15-25/h2-11H,12-15H2,1H3,(H,32,37). The average molecular weight is 522 g/mol. The molecule has 2 aliphatic heterocycles. The van der Waals surface area contributed by atoms with Gasteiger partial charge in [-0.25, -0.2) is 4.68 Å². The summed E-state index contributed by atoms with van der Waals surface area (Å²) in [7, 11) is 0. The van der Waals surface area contributed by atoms with Crippen LogP contribution < -0.4 is 10.2 Å². The van der Waals surface area contributed by atoms with E-state index >= 15 is 0 Å². The van der Waals surface area contributed by atoms with Gasteiger partial charge in [-0.2, -0.15) is 13.2 Å². The number of aromatic nitrogens is 5. The predicted octanol–water partition coefficient (Wildman–Crippen LogP) is 4.14. The summed E-state index contributed by atoms with van der Waals surface area (Å²) in [6, 6.07) is 7.92. The zero-order valence-corrected chi connectivity index (χ0v) is 20.2. The lowest BCUT2D eigenvalue weighted by Gasteiger charge is -2.55. The van der Waals surface area contributed by atoms with Crippen molar-refractivity contribution in [2.24, 2.45) is 5.41 Å². The fourth-order valence-corrected chi connectivity index (χ4v) is 4.63. The summed E-state index contributed by atoms with van der Waals surface area (Å²) < 4.78 is 45.9. The summed E-state index contributed by atoms with van der Waals surface area (Å²) in [5.41, 5.74) is 3.46. The van der Waals surface area contributed by atoms with Crippen molar-refractivity contribution in [3.63, 3.8) is 0 Å². The number of anilines is 2. The molecule has 0 saturated carbocycles. The first-order valence-corrected chi connectivity index (χ1v) is 11.8. The fraction of sp³-hybridized carbons (Fsp3) is 0.269. The van der Waals surface area contributed by atoms with Gasteiger partial charge >= 0.3 is 6.18 Å². The van der Waals surface area contributed by atoms with Crippen LogP contribution in [0.4, 0.5) is 24.5 Å². The molecule has 1 spiro atoms. The fourth-order valence-electron chi connectivity index (χ4n) is 4.63. The van der Waals surface area contributed by atoms with Crippen LogP contribution in [0.3, 0.4) is 0 Å². The summed E-state index contributed by atoms with van der Waals surface area (Å²) in [5, 5.41) is 11.2. The van der Waals surface area contributed by atoms with E-state index in [4.69, 9.17) is 4.74 Å². The van der Waals surface area contributed by atoms with Gasteiger partial charge in [-0.05, 0) is 36.8 Å². The number of aryl methyl sites for hydroxylation is 1. The molecular weight excluding hydrogens is 499 g/mol. The van der Waals surface area contributed by atoms with Gasteiger partial charge in [0.2, 0.25) is 0 Å². The third-order valence-electron chi connectivity index (χ3n) is 6.79. The molecule has 0 bridgehead atoms. The number of nitrogens with zero attached hydrogens (tertiary/aromatic N) is 6. The highest BCUT2D eigenvalue weighted by Gasteiger charge is 2.49. The summed E-state index contributed by atoms with van der Waals surface area (Å²) in [4.78, 5) is 22.8. The van der Waals surface area contributed by atoms with Crippen molar-refractivity contribution < 1.29 is 22.7 Å². The van der Waals surface area contributed by atoms with Gasteiger partial charge in [0.05, 0.1) is 53.5 Å². The van der Waals surface area contributed by atoms with Gasteiger partial charge in [-0.1, -0.05) is 11.3 Å². The second-order valence-corrected chi connectivity index (χ2v) is 9.74.